The number of hydrogen-bond acceptors (Lipinski definition) is 6. The lowest BCUT2D eigenvalue weighted by atomic mass is 9.88. The lowest BCUT2D eigenvalue weighted by Crippen LogP contribution is -2.26. The molecule has 2 aliphatic carbocycles. The van der Waals surface area contributed by atoms with Crippen molar-refractivity contribution in [1.29, 1.82) is 0 Å². The van der Waals surface area contributed by atoms with Gasteiger partial charge in [-0.05, 0) is 12.5 Å². The van der Waals surface area contributed by atoms with E-state index in [1.165, 1.54) is 17.4 Å². The van der Waals surface area contributed by atoms with Crippen LogP contribution in [0.25, 0.3) is 5.57 Å². The largest absolute Gasteiger partial charge is 0.507 e. The minimum atomic E-state index is -0.325. The smallest absolute Gasteiger partial charge is 0.263 e. The Kier molecular flexibility index (Phi) is 5.69. The quantitative estimate of drug-likeness (QED) is 0.448. The highest BCUT2D eigenvalue weighted by Gasteiger charge is 2.23. The average Bonchev–Trinajstić information content (AvgIpc) is 2.97. The number of amides is 1. The summed E-state index contributed by atoms with van der Waals surface area (Å²) >= 11 is 1.30. The van der Waals surface area contributed by atoms with Gasteiger partial charge in [-0.15, -0.1) is 11.3 Å². The van der Waals surface area contributed by atoms with Crippen LogP contribution in [0.1, 0.15) is 20.4 Å². The number of rotatable bonds is 6. The molecule has 1 aromatic heterocycles. The summed E-state index contributed by atoms with van der Waals surface area (Å²) in [5, 5.41) is 13.4. The molecule has 2 aliphatic rings. The van der Waals surface area contributed by atoms with Crippen molar-refractivity contribution in [3.63, 3.8) is 0 Å². The normalized spacial score (nSPS) is 17.9. The second-order valence-corrected chi connectivity index (χ2v) is 6.92. The first kappa shape index (κ1) is 18.8. The highest BCUT2D eigenvalue weighted by Crippen LogP contribution is 2.34. The van der Waals surface area contributed by atoms with E-state index in [4.69, 9.17) is 4.74 Å². The summed E-state index contributed by atoms with van der Waals surface area (Å²) in [6.45, 7) is 2.67. The van der Waals surface area contributed by atoms with Gasteiger partial charge in [-0.3, -0.25) is 9.59 Å². The van der Waals surface area contributed by atoms with Crippen molar-refractivity contribution in [2.75, 3.05) is 20.3 Å². The van der Waals surface area contributed by atoms with Crippen molar-refractivity contribution in [3.05, 3.63) is 56.8 Å². The van der Waals surface area contributed by atoms with Gasteiger partial charge in [-0.2, -0.15) is 0 Å². The molecular formula is C20H18N2O4S. The third-order valence-corrected chi connectivity index (χ3v) is 5.32. The summed E-state index contributed by atoms with van der Waals surface area (Å²) in [5.41, 5.74) is 2.35. The van der Waals surface area contributed by atoms with Gasteiger partial charge in [0.05, 0.1) is 23.8 Å². The van der Waals surface area contributed by atoms with Crippen molar-refractivity contribution in [1.82, 2.24) is 10.3 Å². The molecule has 0 saturated heterocycles. The number of carbonyl (C=O) groups excluding carboxylic acids is 2. The van der Waals surface area contributed by atoms with Crippen LogP contribution in [0.5, 0.6) is 0 Å². The minimum Gasteiger partial charge on any atom is -0.507 e. The Morgan fingerprint density at radius 1 is 1.48 bits per heavy atom. The number of aromatic nitrogens is 1. The first-order chi connectivity index (χ1) is 13.0. The second kappa shape index (κ2) is 8.16. The number of aryl methyl sites for hydroxylation is 1. The van der Waals surface area contributed by atoms with Crippen molar-refractivity contribution in [3.8, 4) is 11.8 Å². The topological polar surface area (TPSA) is 88.5 Å². The molecule has 27 heavy (non-hydrogen) atoms. The molecule has 0 bridgehead atoms. The van der Waals surface area contributed by atoms with E-state index < -0.39 is 0 Å². The van der Waals surface area contributed by atoms with Crippen molar-refractivity contribution in [2.45, 2.75) is 6.92 Å². The van der Waals surface area contributed by atoms with Crippen LogP contribution in [-0.4, -0.2) is 42.5 Å². The molecule has 0 aromatic carbocycles. The van der Waals surface area contributed by atoms with E-state index >= 15 is 0 Å². The molecular weight excluding hydrogens is 364 g/mol. The molecule has 1 atom stereocenters. The Morgan fingerprint density at radius 3 is 3.04 bits per heavy atom. The van der Waals surface area contributed by atoms with Crippen LogP contribution in [0.15, 0.2) is 41.2 Å². The fourth-order valence-corrected chi connectivity index (χ4v) is 3.75. The number of hydrogen-bond donors (Lipinski definition) is 2. The van der Waals surface area contributed by atoms with Crippen molar-refractivity contribution in [2.24, 2.45) is 5.92 Å². The zero-order chi connectivity index (χ0) is 19.4. The molecule has 0 spiro atoms. The molecule has 1 unspecified atom stereocenters. The first-order valence-corrected chi connectivity index (χ1v) is 9.11. The summed E-state index contributed by atoms with van der Waals surface area (Å²) < 4.78 is 4.94. The van der Waals surface area contributed by atoms with Crippen LogP contribution >= 0.6 is 11.3 Å². The van der Waals surface area contributed by atoms with Gasteiger partial charge in [0, 0.05) is 25.3 Å². The van der Waals surface area contributed by atoms with Crippen LogP contribution in [0.3, 0.4) is 0 Å². The van der Waals surface area contributed by atoms with Crippen LogP contribution in [0, 0.1) is 24.7 Å². The molecule has 0 radical (unpaired) electrons. The number of methoxy groups -OCH3 is 1. The zero-order valence-electron chi connectivity index (χ0n) is 14.9. The van der Waals surface area contributed by atoms with Crippen LogP contribution < -0.4 is 5.32 Å². The zero-order valence-corrected chi connectivity index (χ0v) is 15.7. The summed E-state index contributed by atoms with van der Waals surface area (Å²) in [6.07, 6.45) is 7.43. The number of allylic oxidation sites excluding steroid dienone is 7. The van der Waals surface area contributed by atoms with Crippen molar-refractivity contribution < 1.29 is 19.4 Å². The Balaban J connectivity index is 1.88. The lowest BCUT2D eigenvalue weighted by Gasteiger charge is -2.15. The molecule has 138 valence electrons. The van der Waals surface area contributed by atoms with E-state index in [0.717, 1.165) is 5.57 Å². The number of ether oxygens (including phenoxy) is 1. The van der Waals surface area contributed by atoms with Gasteiger partial charge in [-0.1, -0.05) is 30.1 Å². The van der Waals surface area contributed by atoms with Gasteiger partial charge < -0.3 is 15.2 Å². The highest BCUT2D eigenvalue weighted by molar-refractivity contribution is 7.14. The van der Waals surface area contributed by atoms with E-state index in [1.807, 2.05) is 12.2 Å². The molecule has 0 aliphatic heterocycles. The Bertz CT molecular complexity index is 970. The number of thiazole rings is 1. The molecule has 3 rings (SSSR count). The van der Waals surface area contributed by atoms with Gasteiger partial charge in [0.2, 0.25) is 0 Å². The first-order valence-electron chi connectivity index (χ1n) is 8.30. The van der Waals surface area contributed by atoms with Gasteiger partial charge in [0.25, 0.3) is 5.91 Å². The van der Waals surface area contributed by atoms with Crippen LogP contribution in [0.2, 0.25) is 0 Å². The van der Waals surface area contributed by atoms with Crippen LogP contribution in [-0.2, 0) is 9.53 Å². The fraction of sp³-hybridized carbons (Fsp3) is 0.250. The second-order valence-electron chi connectivity index (χ2n) is 5.92. The van der Waals surface area contributed by atoms with Gasteiger partial charge in [0.1, 0.15) is 15.6 Å². The lowest BCUT2D eigenvalue weighted by molar-refractivity contribution is -0.104. The number of aliphatic hydroxyl groups excluding tert-OH is 1. The third-order valence-electron chi connectivity index (χ3n) is 4.12. The predicted octanol–water partition coefficient (Wildman–Crippen LogP) is 2.35. The number of fused-ring (bicyclic) bond motifs is 1. The minimum absolute atomic E-state index is 0.128. The Hall–Kier alpha value is -2.95. The molecule has 0 fully saturated rings. The number of nitrogens with one attached hydrogen (secondary N) is 1. The number of carbonyl (C=O) groups is 2. The third kappa shape index (κ3) is 3.92. The molecule has 1 amide bonds. The van der Waals surface area contributed by atoms with Gasteiger partial charge in [0.15, 0.2) is 6.29 Å². The van der Waals surface area contributed by atoms with E-state index in [2.05, 4.69) is 22.1 Å². The summed E-state index contributed by atoms with van der Waals surface area (Å²) in [7, 11) is 1.58. The number of nitrogens with zero attached hydrogens (tertiary/aromatic N) is 1. The maximum absolute atomic E-state index is 12.3. The SMILES string of the molecule is COCCNC(=O)c1sc(C2=CC3C#CC=C(O)C(C=O)=C3C=C2)nc1C. The number of aliphatic hydroxyl groups is 1. The molecule has 0 saturated carbocycles. The standard InChI is InChI=1S/C20H18N2O4S/c1-12-18(19(25)21-8-9-26-2)27-20(22-12)14-6-7-15-13(10-14)4-3-5-17(24)16(15)11-23/h5-7,10-11,13,24H,8-9H2,1-2H3,(H,21,25). The van der Waals surface area contributed by atoms with E-state index in [0.29, 0.717) is 40.6 Å². The average molecular weight is 382 g/mol. The molecule has 7 heteroatoms. The van der Waals surface area contributed by atoms with E-state index in [-0.39, 0.29) is 23.2 Å². The maximum atomic E-state index is 12.3. The number of aldehydes is 1. The fourth-order valence-electron chi connectivity index (χ4n) is 2.76. The van der Waals surface area contributed by atoms with Crippen molar-refractivity contribution >= 4 is 29.1 Å². The van der Waals surface area contributed by atoms with E-state index in [9.17, 15) is 14.7 Å². The van der Waals surface area contributed by atoms with Gasteiger partial charge in [-0.25, -0.2) is 4.98 Å². The summed E-state index contributed by atoms with van der Waals surface area (Å²) in [4.78, 5) is 28.7. The summed E-state index contributed by atoms with van der Waals surface area (Å²) in [5.74, 6) is 5.14. The molecule has 1 heterocycles. The van der Waals surface area contributed by atoms with Gasteiger partial charge >= 0.3 is 0 Å². The predicted molar refractivity (Wildman–Crippen MR) is 103 cm³/mol. The highest BCUT2D eigenvalue weighted by atomic mass is 32.1. The summed E-state index contributed by atoms with van der Waals surface area (Å²) in [6, 6.07) is 0. The van der Waals surface area contributed by atoms with Crippen LogP contribution in [0.4, 0.5) is 0 Å². The van der Waals surface area contributed by atoms with E-state index in [1.54, 1.807) is 20.1 Å². The maximum Gasteiger partial charge on any atom is 0.263 e. The Morgan fingerprint density at radius 2 is 2.30 bits per heavy atom. The molecule has 2 N–H and O–H groups in total. The molecule has 6 nitrogen and oxygen atoms in total. The molecule has 1 aromatic rings. The monoisotopic (exact) mass is 382 g/mol. The Labute approximate surface area is 161 Å².